The van der Waals surface area contributed by atoms with Gasteiger partial charge in [-0.2, -0.15) is 18.2 Å². The van der Waals surface area contributed by atoms with Gasteiger partial charge < -0.3 is 10.1 Å². The van der Waals surface area contributed by atoms with E-state index in [2.05, 4.69) is 15.4 Å². The number of nitrogens with one attached hydrogen (secondary N) is 1. The molecule has 0 spiro atoms. The molecular formula is C14H15F3N4O2. The molecule has 0 radical (unpaired) electrons. The van der Waals surface area contributed by atoms with Gasteiger partial charge in [0.15, 0.2) is 6.10 Å². The van der Waals surface area contributed by atoms with Crippen LogP contribution in [0.1, 0.15) is 19.4 Å². The third-order valence-corrected chi connectivity index (χ3v) is 2.91. The molecule has 2 aromatic rings. The molecule has 6 nitrogen and oxygen atoms in total. The molecule has 0 saturated heterocycles. The van der Waals surface area contributed by atoms with E-state index in [0.29, 0.717) is 6.54 Å². The van der Waals surface area contributed by atoms with Crippen molar-refractivity contribution < 1.29 is 22.7 Å². The fourth-order valence-corrected chi connectivity index (χ4v) is 1.78. The van der Waals surface area contributed by atoms with Crippen LogP contribution in [-0.2, 0) is 11.0 Å². The van der Waals surface area contributed by atoms with Crippen LogP contribution in [0.3, 0.4) is 0 Å². The minimum atomic E-state index is -4.44. The predicted octanol–water partition coefficient (Wildman–Crippen LogP) is 2.19. The average molecular weight is 328 g/mol. The topological polar surface area (TPSA) is 69.0 Å². The smallest absolute Gasteiger partial charge is 0.416 e. The highest BCUT2D eigenvalue weighted by Gasteiger charge is 2.30. The van der Waals surface area contributed by atoms with Gasteiger partial charge in [0.05, 0.1) is 11.3 Å². The second-order valence-corrected chi connectivity index (χ2v) is 4.67. The van der Waals surface area contributed by atoms with Crippen LogP contribution in [0.15, 0.2) is 30.6 Å². The van der Waals surface area contributed by atoms with Crippen LogP contribution >= 0.6 is 0 Å². The molecule has 1 aromatic heterocycles. The quantitative estimate of drug-likeness (QED) is 0.913. The minimum absolute atomic E-state index is 0.0961. The van der Waals surface area contributed by atoms with Crippen LogP contribution in [0.5, 0.6) is 6.01 Å². The number of alkyl halides is 3. The summed E-state index contributed by atoms with van der Waals surface area (Å²) in [6, 6.07) is 4.56. The number of hydrogen-bond acceptors (Lipinski definition) is 4. The van der Waals surface area contributed by atoms with E-state index in [0.717, 1.165) is 16.8 Å². The molecule has 0 aliphatic carbocycles. The Hall–Kier alpha value is -2.58. The Morgan fingerprint density at radius 1 is 1.43 bits per heavy atom. The van der Waals surface area contributed by atoms with Crippen molar-refractivity contribution >= 4 is 5.91 Å². The van der Waals surface area contributed by atoms with Gasteiger partial charge in [-0.25, -0.2) is 4.68 Å². The van der Waals surface area contributed by atoms with Gasteiger partial charge in [0, 0.05) is 6.54 Å². The number of halogens is 3. The van der Waals surface area contributed by atoms with Crippen molar-refractivity contribution in [1.82, 2.24) is 20.1 Å². The van der Waals surface area contributed by atoms with E-state index in [1.54, 1.807) is 6.92 Å². The van der Waals surface area contributed by atoms with E-state index in [-0.39, 0.29) is 17.6 Å². The van der Waals surface area contributed by atoms with Crippen molar-refractivity contribution in [3.63, 3.8) is 0 Å². The summed E-state index contributed by atoms with van der Waals surface area (Å²) in [6.45, 7) is 3.75. The number of aromatic nitrogens is 3. The van der Waals surface area contributed by atoms with Crippen LogP contribution in [0.4, 0.5) is 13.2 Å². The van der Waals surface area contributed by atoms with Crippen LogP contribution in [0, 0.1) is 0 Å². The van der Waals surface area contributed by atoms with Gasteiger partial charge in [-0.15, -0.1) is 5.10 Å². The molecular weight excluding hydrogens is 313 g/mol. The molecule has 1 amide bonds. The van der Waals surface area contributed by atoms with Gasteiger partial charge in [-0.05, 0) is 32.0 Å². The SMILES string of the molecule is CCNC(=O)C(C)Oc1ncn(-c2cccc(C(F)(F)F)c2)n1. The first-order valence-electron chi connectivity index (χ1n) is 6.85. The molecule has 1 atom stereocenters. The summed E-state index contributed by atoms with van der Waals surface area (Å²) >= 11 is 0. The van der Waals surface area contributed by atoms with Gasteiger partial charge >= 0.3 is 12.2 Å². The first-order chi connectivity index (χ1) is 10.8. The normalized spacial score (nSPS) is 12.7. The molecule has 0 bridgehead atoms. The number of likely N-dealkylation sites (N-methyl/N-ethyl adjacent to an activating group) is 1. The highest BCUT2D eigenvalue weighted by molar-refractivity contribution is 5.80. The zero-order chi connectivity index (χ0) is 17.0. The lowest BCUT2D eigenvalue weighted by Gasteiger charge is -2.10. The maximum absolute atomic E-state index is 12.7. The summed E-state index contributed by atoms with van der Waals surface area (Å²) in [5.41, 5.74) is -0.600. The van der Waals surface area contributed by atoms with Crippen molar-refractivity contribution in [2.24, 2.45) is 0 Å². The van der Waals surface area contributed by atoms with E-state index in [9.17, 15) is 18.0 Å². The van der Waals surface area contributed by atoms with E-state index >= 15 is 0 Å². The van der Waals surface area contributed by atoms with Crippen LogP contribution < -0.4 is 10.1 Å². The molecule has 1 heterocycles. The number of rotatable bonds is 5. The Bertz CT molecular complexity index is 685. The van der Waals surface area contributed by atoms with Gasteiger partial charge in [0.2, 0.25) is 0 Å². The van der Waals surface area contributed by atoms with Gasteiger partial charge in [-0.3, -0.25) is 4.79 Å². The molecule has 0 saturated carbocycles. The number of benzene rings is 1. The van der Waals surface area contributed by atoms with Crippen LogP contribution in [-0.4, -0.2) is 33.3 Å². The van der Waals surface area contributed by atoms with Crippen LogP contribution in [0.25, 0.3) is 5.69 Å². The number of amides is 1. The minimum Gasteiger partial charge on any atom is -0.449 e. The van der Waals surface area contributed by atoms with Crippen molar-refractivity contribution in [2.45, 2.75) is 26.1 Å². The Kier molecular flexibility index (Phi) is 4.87. The molecule has 1 aromatic carbocycles. The van der Waals surface area contributed by atoms with Crippen molar-refractivity contribution in [3.8, 4) is 11.7 Å². The first kappa shape index (κ1) is 16.8. The molecule has 23 heavy (non-hydrogen) atoms. The molecule has 0 aliphatic heterocycles. The summed E-state index contributed by atoms with van der Waals surface area (Å²) < 4.78 is 44.5. The number of carbonyl (C=O) groups is 1. The van der Waals surface area contributed by atoms with Gasteiger partial charge in [0.1, 0.15) is 6.33 Å². The largest absolute Gasteiger partial charge is 0.449 e. The Balaban J connectivity index is 2.15. The Morgan fingerprint density at radius 3 is 2.83 bits per heavy atom. The maximum atomic E-state index is 12.7. The molecule has 2 rings (SSSR count). The van der Waals surface area contributed by atoms with E-state index in [1.165, 1.54) is 25.4 Å². The number of carbonyl (C=O) groups excluding carboxylic acids is 1. The summed E-state index contributed by atoms with van der Waals surface area (Å²) in [7, 11) is 0. The van der Waals surface area contributed by atoms with Crippen LogP contribution in [0.2, 0.25) is 0 Å². The second kappa shape index (κ2) is 6.67. The number of hydrogen-bond donors (Lipinski definition) is 1. The summed E-state index contributed by atoms with van der Waals surface area (Å²) in [4.78, 5) is 15.4. The van der Waals surface area contributed by atoms with E-state index in [1.807, 2.05) is 0 Å². The van der Waals surface area contributed by atoms with E-state index in [4.69, 9.17) is 4.74 Å². The second-order valence-electron chi connectivity index (χ2n) is 4.67. The van der Waals surface area contributed by atoms with Crippen molar-refractivity contribution in [3.05, 3.63) is 36.2 Å². The summed E-state index contributed by atoms with van der Waals surface area (Å²) in [6.07, 6.45) is -4.04. The lowest BCUT2D eigenvalue weighted by Crippen LogP contribution is -2.36. The maximum Gasteiger partial charge on any atom is 0.416 e. The highest BCUT2D eigenvalue weighted by atomic mass is 19.4. The van der Waals surface area contributed by atoms with Gasteiger partial charge in [0.25, 0.3) is 5.91 Å². The zero-order valence-corrected chi connectivity index (χ0v) is 12.5. The molecule has 1 N–H and O–H groups in total. The third-order valence-electron chi connectivity index (χ3n) is 2.91. The zero-order valence-electron chi connectivity index (χ0n) is 12.5. The number of nitrogens with zero attached hydrogens (tertiary/aromatic N) is 3. The first-order valence-corrected chi connectivity index (χ1v) is 6.85. The lowest BCUT2D eigenvalue weighted by atomic mass is 10.2. The fraction of sp³-hybridized carbons (Fsp3) is 0.357. The molecule has 1 unspecified atom stereocenters. The Morgan fingerprint density at radius 2 is 2.17 bits per heavy atom. The van der Waals surface area contributed by atoms with Gasteiger partial charge in [-0.1, -0.05) is 6.07 Å². The molecule has 0 aliphatic rings. The Labute approximate surface area is 130 Å². The average Bonchev–Trinajstić information content (AvgIpc) is 2.95. The van der Waals surface area contributed by atoms with Crippen molar-refractivity contribution in [1.29, 1.82) is 0 Å². The van der Waals surface area contributed by atoms with Crippen molar-refractivity contribution in [2.75, 3.05) is 6.54 Å². The predicted molar refractivity (Wildman–Crippen MR) is 75.1 cm³/mol. The van der Waals surface area contributed by atoms with E-state index < -0.39 is 17.8 Å². The highest BCUT2D eigenvalue weighted by Crippen LogP contribution is 2.30. The fourth-order valence-electron chi connectivity index (χ4n) is 1.78. The standard InChI is InChI=1S/C14H15F3N4O2/c1-3-18-12(22)9(2)23-13-19-8-21(20-13)11-6-4-5-10(7-11)14(15,16)17/h4-9H,3H2,1-2H3,(H,18,22). The molecule has 9 heteroatoms. The monoisotopic (exact) mass is 328 g/mol. The third kappa shape index (κ3) is 4.21. The lowest BCUT2D eigenvalue weighted by molar-refractivity contribution is -0.137. The molecule has 124 valence electrons. The summed E-state index contributed by atoms with van der Waals surface area (Å²) in [5.74, 6) is -0.331. The summed E-state index contributed by atoms with van der Waals surface area (Å²) in [5, 5.41) is 6.50. The molecule has 0 fully saturated rings. The number of ether oxygens (including phenoxy) is 1.